The maximum atomic E-state index is 12.7. The fraction of sp³-hybridized carbons (Fsp3) is 0.611. The predicted molar refractivity (Wildman–Crippen MR) is 99.1 cm³/mol. The van der Waals surface area contributed by atoms with Crippen molar-refractivity contribution in [2.75, 3.05) is 0 Å². The Morgan fingerprint density at radius 1 is 1.52 bits per heavy atom. The molecule has 1 amide bonds. The molecule has 2 aromatic heterocycles. The number of hydrogen-bond donors (Lipinski definition) is 2. The standard InChI is InChI=1S/C18H25N3O3S/c1-5-12-6-13-15(10(2)3)20-21(17(23)16(13)25-12)9-14(22)19-11-7-18(4,24)8-11/h6,10-11,24H,5,7-9H2,1-4H3,(H,19,22). The average Bonchev–Trinajstić information content (AvgIpc) is 2.92. The number of fused-ring (bicyclic) bond motifs is 1. The summed E-state index contributed by atoms with van der Waals surface area (Å²) in [6.07, 6.45) is 1.96. The number of hydrogen-bond acceptors (Lipinski definition) is 5. The first-order valence-electron chi connectivity index (χ1n) is 8.75. The molecule has 0 aliphatic heterocycles. The van der Waals surface area contributed by atoms with E-state index in [-0.39, 0.29) is 30.0 Å². The summed E-state index contributed by atoms with van der Waals surface area (Å²) in [5, 5.41) is 18.0. The first-order chi connectivity index (χ1) is 11.7. The lowest BCUT2D eigenvalue weighted by Gasteiger charge is -2.41. The first kappa shape index (κ1) is 18.1. The SMILES string of the molecule is CCc1cc2c(C(C)C)nn(CC(=O)NC3CC(C)(O)C3)c(=O)c2s1. The van der Waals surface area contributed by atoms with Gasteiger partial charge in [-0.25, -0.2) is 4.68 Å². The van der Waals surface area contributed by atoms with Gasteiger partial charge in [0.1, 0.15) is 11.2 Å². The van der Waals surface area contributed by atoms with Crippen LogP contribution in [0.15, 0.2) is 10.9 Å². The van der Waals surface area contributed by atoms with Crippen LogP contribution in [0.3, 0.4) is 0 Å². The first-order valence-corrected chi connectivity index (χ1v) is 9.57. The Kier molecular flexibility index (Phi) is 4.72. The molecule has 0 spiro atoms. The molecule has 1 fully saturated rings. The molecule has 1 aliphatic rings. The highest BCUT2D eigenvalue weighted by Gasteiger charge is 2.39. The second-order valence-corrected chi connectivity index (χ2v) is 8.62. The van der Waals surface area contributed by atoms with Crippen LogP contribution in [0.25, 0.3) is 10.1 Å². The summed E-state index contributed by atoms with van der Waals surface area (Å²) < 4.78 is 1.95. The molecule has 1 saturated carbocycles. The molecule has 25 heavy (non-hydrogen) atoms. The molecule has 0 radical (unpaired) electrons. The lowest BCUT2D eigenvalue weighted by atomic mass is 9.77. The third-order valence-corrected chi connectivity index (χ3v) is 5.91. The van der Waals surface area contributed by atoms with Gasteiger partial charge >= 0.3 is 0 Å². The second-order valence-electron chi connectivity index (χ2n) is 7.48. The van der Waals surface area contributed by atoms with Crippen LogP contribution in [-0.4, -0.2) is 32.4 Å². The van der Waals surface area contributed by atoms with Crippen molar-refractivity contribution in [3.05, 3.63) is 27.0 Å². The molecule has 1 aliphatic carbocycles. The van der Waals surface area contributed by atoms with Crippen LogP contribution in [0.4, 0.5) is 0 Å². The molecule has 7 heteroatoms. The molecule has 2 N–H and O–H groups in total. The number of amides is 1. The summed E-state index contributed by atoms with van der Waals surface area (Å²) in [7, 11) is 0. The van der Waals surface area contributed by atoms with Gasteiger partial charge in [-0.3, -0.25) is 9.59 Å². The van der Waals surface area contributed by atoms with Gasteiger partial charge in [0.25, 0.3) is 5.56 Å². The van der Waals surface area contributed by atoms with Crippen molar-refractivity contribution >= 4 is 27.3 Å². The lowest BCUT2D eigenvalue weighted by molar-refractivity contribution is -0.125. The van der Waals surface area contributed by atoms with Gasteiger partial charge in [-0.15, -0.1) is 11.3 Å². The van der Waals surface area contributed by atoms with Crippen LogP contribution in [0.5, 0.6) is 0 Å². The van der Waals surface area contributed by atoms with Crippen molar-refractivity contribution in [2.24, 2.45) is 0 Å². The number of aliphatic hydroxyl groups is 1. The van der Waals surface area contributed by atoms with E-state index in [1.54, 1.807) is 6.92 Å². The Balaban J connectivity index is 1.87. The molecule has 2 aromatic rings. The van der Waals surface area contributed by atoms with E-state index in [9.17, 15) is 14.7 Å². The van der Waals surface area contributed by atoms with Crippen molar-refractivity contribution in [3.8, 4) is 0 Å². The van der Waals surface area contributed by atoms with Crippen molar-refractivity contribution in [1.29, 1.82) is 0 Å². The summed E-state index contributed by atoms with van der Waals surface area (Å²) in [5.41, 5.74) is -0.0469. The van der Waals surface area contributed by atoms with E-state index < -0.39 is 5.60 Å². The Labute approximate surface area is 150 Å². The number of nitrogens with zero attached hydrogens (tertiary/aromatic N) is 2. The van der Waals surface area contributed by atoms with Crippen molar-refractivity contribution in [2.45, 2.75) is 71.1 Å². The van der Waals surface area contributed by atoms with Crippen LogP contribution in [0, 0.1) is 0 Å². The largest absolute Gasteiger partial charge is 0.390 e. The number of aryl methyl sites for hydroxylation is 1. The minimum Gasteiger partial charge on any atom is -0.390 e. The number of carbonyl (C=O) groups excluding carboxylic acids is 1. The summed E-state index contributed by atoms with van der Waals surface area (Å²) in [6, 6.07) is 2.02. The van der Waals surface area contributed by atoms with Crippen molar-refractivity contribution in [3.63, 3.8) is 0 Å². The highest BCUT2D eigenvalue weighted by Crippen LogP contribution is 2.31. The van der Waals surface area contributed by atoms with E-state index in [0.29, 0.717) is 17.5 Å². The molecule has 136 valence electrons. The Bertz CT molecular complexity index is 858. The van der Waals surface area contributed by atoms with Gasteiger partial charge in [0.05, 0.1) is 11.3 Å². The summed E-state index contributed by atoms with van der Waals surface area (Å²) in [5.74, 6) is -0.0742. The zero-order chi connectivity index (χ0) is 18.4. The number of nitrogens with one attached hydrogen (secondary N) is 1. The van der Waals surface area contributed by atoms with Crippen LogP contribution in [0.1, 0.15) is 57.0 Å². The van der Waals surface area contributed by atoms with Crippen LogP contribution < -0.4 is 10.9 Å². The molecule has 0 unspecified atom stereocenters. The smallest absolute Gasteiger partial charge is 0.285 e. The van der Waals surface area contributed by atoms with E-state index in [1.165, 1.54) is 16.0 Å². The highest BCUT2D eigenvalue weighted by molar-refractivity contribution is 7.19. The molecule has 3 rings (SSSR count). The van der Waals surface area contributed by atoms with Crippen LogP contribution >= 0.6 is 11.3 Å². The lowest BCUT2D eigenvalue weighted by Crippen LogP contribution is -2.54. The van der Waals surface area contributed by atoms with Gasteiger partial charge in [0, 0.05) is 16.3 Å². The molecule has 2 heterocycles. The summed E-state index contributed by atoms with van der Waals surface area (Å²) >= 11 is 1.49. The van der Waals surface area contributed by atoms with Gasteiger partial charge < -0.3 is 10.4 Å². The third kappa shape index (κ3) is 3.62. The van der Waals surface area contributed by atoms with Gasteiger partial charge in [0.2, 0.25) is 5.91 Å². The fourth-order valence-electron chi connectivity index (χ4n) is 3.36. The molecule has 0 bridgehead atoms. The molecule has 0 aromatic carbocycles. The van der Waals surface area contributed by atoms with Gasteiger partial charge in [0.15, 0.2) is 0 Å². The fourth-order valence-corrected chi connectivity index (χ4v) is 4.41. The number of aromatic nitrogens is 2. The average molecular weight is 363 g/mol. The summed E-state index contributed by atoms with van der Waals surface area (Å²) in [4.78, 5) is 26.1. The molecular weight excluding hydrogens is 338 g/mol. The maximum absolute atomic E-state index is 12.7. The van der Waals surface area contributed by atoms with Gasteiger partial charge in [-0.2, -0.15) is 5.10 Å². The van der Waals surface area contributed by atoms with Crippen LogP contribution in [0.2, 0.25) is 0 Å². The molecule has 0 atom stereocenters. The quantitative estimate of drug-likeness (QED) is 0.853. The normalized spacial score (nSPS) is 23.0. The Hall–Kier alpha value is -1.73. The Morgan fingerprint density at radius 3 is 2.76 bits per heavy atom. The number of carbonyl (C=O) groups is 1. The van der Waals surface area contributed by atoms with Crippen molar-refractivity contribution in [1.82, 2.24) is 15.1 Å². The number of thiophene rings is 1. The van der Waals surface area contributed by atoms with E-state index in [2.05, 4.69) is 17.3 Å². The summed E-state index contributed by atoms with van der Waals surface area (Å²) in [6.45, 7) is 7.80. The van der Waals surface area contributed by atoms with E-state index in [1.807, 2.05) is 19.9 Å². The minimum absolute atomic E-state index is 0.0278. The van der Waals surface area contributed by atoms with E-state index in [4.69, 9.17) is 0 Å². The third-order valence-electron chi connectivity index (χ3n) is 4.64. The maximum Gasteiger partial charge on any atom is 0.285 e. The number of rotatable bonds is 5. The van der Waals surface area contributed by atoms with Gasteiger partial charge in [-0.1, -0.05) is 20.8 Å². The second kappa shape index (κ2) is 6.53. The highest BCUT2D eigenvalue weighted by atomic mass is 32.1. The van der Waals surface area contributed by atoms with E-state index >= 15 is 0 Å². The molecule has 6 nitrogen and oxygen atoms in total. The van der Waals surface area contributed by atoms with Crippen LogP contribution in [-0.2, 0) is 17.8 Å². The zero-order valence-corrected chi connectivity index (χ0v) is 15.9. The van der Waals surface area contributed by atoms with E-state index in [0.717, 1.165) is 22.4 Å². The molecule has 0 saturated heterocycles. The monoisotopic (exact) mass is 363 g/mol. The van der Waals surface area contributed by atoms with Gasteiger partial charge in [-0.05, 0) is 38.2 Å². The predicted octanol–water partition coefficient (Wildman–Crippen LogP) is 2.17. The zero-order valence-electron chi connectivity index (χ0n) is 15.1. The van der Waals surface area contributed by atoms with Crippen molar-refractivity contribution < 1.29 is 9.90 Å². The Morgan fingerprint density at radius 2 is 2.20 bits per heavy atom. The topological polar surface area (TPSA) is 84.2 Å². The minimum atomic E-state index is -0.690. The molecular formula is C18H25N3O3S.